The molecular weight excluding hydrogens is 624 g/mol. The molecule has 0 aliphatic carbocycles. The first-order valence-electron chi connectivity index (χ1n) is 21.7. The predicted octanol–water partition coefficient (Wildman–Crippen LogP) is 13.4. The number of hydrogen-bond donors (Lipinski definition) is 0. The second kappa shape index (κ2) is 37.2. The number of esters is 3. The summed E-state index contributed by atoms with van der Waals surface area (Å²) in [6.45, 7) is 11.2. The van der Waals surface area contributed by atoms with E-state index in [-0.39, 0.29) is 31.1 Å². The molecule has 0 spiro atoms. The van der Waals surface area contributed by atoms with Crippen molar-refractivity contribution >= 4 is 17.9 Å². The van der Waals surface area contributed by atoms with Gasteiger partial charge in [0, 0.05) is 19.3 Å². The first kappa shape index (κ1) is 48.4. The molecule has 0 radical (unpaired) electrons. The van der Waals surface area contributed by atoms with E-state index in [1.807, 2.05) is 0 Å². The summed E-state index contributed by atoms with van der Waals surface area (Å²) < 4.78 is 16.6. The molecule has 0 aromatic rings. The molecule has 0 aliphatic rings. The van der Waals surface area contributed by atoms with Gasteiger partial charge in [0.05, 0.1) is 0 Å². The molecule has 50 heavy (non-hydrogen) atoms. The summed E-state index contributed by atoms with van der Waals surface area (Å²) in [5.74, 6) is 0.771. The Hall–Kier alpha value is -1.59. The molecular formula is C44H84O6. The zero-order chi connectivity index (χ0) is 36.9. The third-order valence-corrected chi connectivity index (χ3v) is 9.72. The third kappa shape index (κ3) is 37.7. The molecule has 0 aromatic heterocycles. The Kier molecular flexibility index (Phi) is 36.0. The quantitative estimate of drug-likeness (QED) is 0.0361. The number of rotatable bonds is 38. The number of hydrogen-bond acceptors (Lipinski definition) is 6. The monoisotopic (exact) mass is 709 g/mol. The number of carbonyl (C=O) groups excluding carboxylic acids is 3. The maximum atomic E-state index is 12.5. The average molecular weight is 709 g/mol. The first-order chi connectivity index (χ1) is 24.2. The van der Waals surface area contributed by atoms with Crippen molar-refractivity contribution in [1.29, 1.82) is 0 Å². The van der Waals surface area contributed by atoms with Crippen molar-refractivity contribution in [1.82, 2.24) is 0 Å². The molecule has 296 valence electrons. The van der Waals surface area contributed by atoms with Gasteiger partial charge in [-0.25, -0.2) is 0 Å². The lowest BCUT2D eigenvalue weighted by atomic mass is 10.0. The van der Waals surface area contributed by atoms with E-state index in [0.717, 1.165) is 76.0 Å². The van der Waals surface area contributed by atoms with E-state index in [1.165, 1.54) is 116 Å². The minimum absolute atomic E-state index is 0.0666. The van der Waals surface area contributed by atoms with Gasteiger partial charge in [0.1, 0.15) is 13.2 Å². The van der Waals surface area contributed by atoms with Gasteiger partial charge in [0.2, 0.25) is 0 Å². The molecule has 0 unspecified atom stereocenters. The van der Waals surface area contributed by atoms with E-state index in [4.69, 9.17) is 14.2 Å². The average Bonchev–Trinajstić information content (AvgIpc) is 3.08. The summed E-state index contributed by atoms with van der Waals surface area (Å²) in [4.78, 5) is 37.4. The van der Waals surface area contributed by atoms with Crippen LogP contribution in [-0.4, -0.2) is 37.2 Å². The Morgan fingerprint density at radius 1 is 0.380 bits per heavy atom. The highest BCUT2D eigenvalue weighted by atomic mass is 16.6. The standard InChI is InChI=1S/C44H84O6/c1-6-7-8-22-31-36-44(47)50-41(38-49-43(46)35-30-26-21-17-13-12-15-19-24-28-33-40(4)5)37-48-42(45)34-29-25-20-16-11-9-10-14-18-23-27-32-39(2)3/h39-41H,6-38H2,1-5H3/t41-/m1/s1. The molecule has 1 atom stereocenters. The van der Waals surface area contributed by atoms with Crippen molar-refractivity contribution in [3.63, 3.8) is 0 Å². The molecule has 0 saturated carbocycles. The second-order valence-corrected chi connectivity index (χ2v) is 15.9. The maximum absolute atomic E-state index is 12.5. The van der Waals surface area contributed by atoms with Crippen molar-refractivity contribution in [3.8, 4) is 0 Å². The van der Waals surface area contributed by atoms with E-state index in [0.29, 0.717) is 19.3 Å². The van der Waals surface area contributed by atoms with E-state index in [1.54, 1.807) is 0 Å². The highest BCUT2D eigenvalue weighted by molar-refractivity contribution is 5.71. The minimum atomic E-state index is -0.758. The molecule has 0 saturated heterocycles. The fraction of sp³-hybridized carbons (Fsp3) is 0.932. The summed E-state index contributed by atoms with van der Waals surface area (Å²) in [5.41, 5.74) is 0. The Morgan fingerprint density at radius 3 is 0.980 bits per heavy atom. The van der Waals surface area contributed by atoms with Crippen LogP contribution in [0, 0.1) is 11.8 Å². The number of carbonyl (C=O) groups is 3. The van der Waals surface area contributed by atoms with Crippen LogP contribution >= 0.6 is 0 Å². The second-order valence-electron chi connectivity index (χ2n) is 15.9. The normalized spacial score (nSPS) is 12.1. The SMILES string of the molecule is CCCCCCCC(=O)O[C@H](COC(=O)CCCCCCCCCCCCCC(C)C)COC(=O)CCCCCCCCCCCCC(C)C. The lowest BCUT2D eigenvalue weighted by molar-refractivity contribution is -0.167. The molecule has 0 rings (SSSR count). The van der Waals surface area contributed by atoms with Crippen molar-refractivity contribution < 1.29 is 28.6 Å². The van der Waals surface area contributed by atoms with Gasteiger partial charge in [0.25, 0.3) is 0 Å². The van der Waals surface area contributed by atoms with Gasteiger partial charge in [0.15, 0.2) is 6.10 Å². The summed E-state index contributed by atoms with van der Waals surface area (Å²) in [6.07, 6.45) is 34.0. The smallest absolute Gasteiger partial charge is 0.306 e. The van der Waals surface area contributed by atoms with Gasteiger partial charge >= 0.3 is 17.9 Å². The first-order valence-corrected chi connectivity index (χ1v) is 21.7. The zero-order valence-electron chi connectivity index (χ0n) is 34.0. The van der Waals surface area contributed by atoms with Crippen LogP contribution in [0.15, 0.2) is 0 Å². The summed E-state index contributed by atoms with van der Waals surface area (Å²) in [6, 6.07) is 0. The van der Waals surface area contributed by atoms with Crippen molar-refractivity contribution in [2.24, 2.45) is 11.8 Å². The Labute approximate surface area is 310 Å². The van der Waals surface area contributed by atoms with E-state index >= 15 is 0 Å². The van der Waals surface area contributed by atoms with Crippen LogP contribution in [0.3, 0.4) is 0 Å². The molecule has 6 nitrogen and oxygen atoms in total. The van der Waals surface area contributed by atoms with E-state index < -0.39 is 6.10 Å². The van der Waals surface area contributed by atoms with Gasteiger partial charge in [-0.3, -0.25) is 14.4 Å². The van der Waals surface area contributed by atoms with Crippen molar-refractivity contribution in [2.75, 3.05) is 13.2 Å². The lowest BCUT2D eigenvalue weighted by Gasteiger charge is -2.18. The summed E-state index contributed by atoms with van der Waals surface area (Å²) in [5, 5.41) is 0. The van der Waals surface area contributed by atoms with Gasteiger partial charge in [-0.05, 0) is 31.1 Å². The fourth-order valence-corrected chi connectivity index (χ4v) is 6.40. The zero-order valence-corrected chi connectivity index (χ0v) is 34.0. The topological polar surface area (TPSA) is 78.9 Å². The van der Waals surface area contributed by atoms with E-state index in [2.05, 4.69) is 34.6 Å². The number of ether oxygens (including phenoxy) is 3. The van der Waals surface area contributed by atoms with Crippen LogP contribution in [0.5, 0.6) is 0 Å². The molecule has 0 aromatic carbocycles. The van der Waals surface area contributed by atoms with Crippen LogP contribution in [0.4, 0.5) is 0 Å². The summed E-state index contributed by atoms with van der Waals surface area (Å²) >= 11 is 0. The molecule has 0 bridgehead atoms. The van der Waals surface area contributed by atoms with Crippen molar-refractivity contribution in [3.05, 3.63) is 0 Å². The Bertz CT molecular complexity index is 764. The van der Waals surface area contributed by atoms with Crippen LogP contribution in [-0.2, 0) is 28.6 Å². The Morgan fingerprint density at radius 2 is 0.660 bits per heavy atom. The van der Waals surface area contributed by atoms with Gasteiger partial charge in [-0.2, -0.15) is 0 Å². The van der Waals surface area contributed by atoms with Crippen molar-refractivity contribution in [2.45, 2.75) is 240 Å². The molecule has 0 amide bonds. The minimum Gasteiger partial charge on any atom is -0.462 e. The molecule has 0 N–H and O–H groups in total. The van der Waals surface area contributed by atoms with Gasteiger partial charge < -0.3 is 14.2 Å². The molecule has 0 fully saturated rings. The van der Waals surface area contributed by atoms with Gasteiger partial charge in [-0.15, -0.1) is 0 Å². The molecule has 0 aliphatic heterocycles. The van der Waals surface area contributed by atoms with Crippen LogP contribution in [0.25, 0.3) is 0 Å². The fourth-order valence-electron chi connectivity index (χ4n) is 6.40. The Balaban J connectivity index is 4.17. The predicted molar refractivity (Wildman–Crippen MR) is 210 cm³/mol. The highest BCUT2D eigenvalue weighted by Gasteiger charge is 2.19. The number of unbranched alkanes of at least 4 members (excludes halogenated alkanes) is 23. The highest BCUT2D eigenvalue weighted by Crippen LogP contribution is 2.16. The molecule has 0 heterocycles. The molecule has 6 heteroatoms. The third-order valence-electron chi connectivity index (χ3n) is 9.72. The largest absolute Gasteiger partial charge is 0.462 e. The van der Waals surface area contributed by atoms with E-state index in [9.17, 15) is 14.4 Å². The lowest BCUT2D eigenvalue weighted by Crippen LogP contribution is -2.30. The van der Waals surface area contributed by atoms with Crippen LogP contribution < -0.4 is 0 Å². The van der Waals surface area contributed by atoms with Crippen LogP contribution in [0.2, 0.25) is 0 Å². The summed E-state index contributed by atoms with van der Waals surface area (Å²) in [7, 11) is 0. The van der Waals surface area contributed by atoms with Crippen LogP contribution in [0.1, 0.15) is 234 Å². The van der Waals surface area contributed by atoms with Gasteiger partial charge in [-0.1, -0.05) is 195 Å². The maximum Gasteiger partial charge on any atom is 0.306 e.